The summed E-state index contributed by atoms with van der Waals surface area (Å²) in [6, 6.07) is 1.97. The summed E-state index contributed by atoms with van der Waals surface area (Å²) in [6.45, 7) is 5.69. The third-order valence-electron chi connectivity index (χ3n) is 1.70. The highest BCUT2D eigenvalue weighted by molar-refractivity contribution is 7.15. The lowest BCUT2D eigenvalue weighted by atomic mass is 10.3. The van der Waals surface area contributed by atoms with Gasteiger partial charge in [-0.3, -0.25) is 5.01 Å². The summed E-state index contributed by atoms with van der Waals surface area (Å²) in [7, 11) is 0. The Labute approximate surface area is 92.9 Å². The van der Waals surface area contributed by atoms with Crippen molar-refractivity contribution < 1.29 is 0 Å². The molecule has 0 radical (unpaired) electrons. The van der Waals surface area contributed by atoms with E-state index < -0.39 is 0 Å². The smallest absolute Gasteiger partial charge is 0.201 e. The van der Waals surface area contributed by atoms with Crippen LogP contribution >= 0.6 is 11.3 Å². The monoisotopic (exact) mass is 220 g/mol. The molecular formula is C10H12N4S. The van der Waals surface area contributed by atoms with Gasteiger partial charge in [-0.1, -0.05) is 18.7 Å². The standard InChI is InChI=1S/C10H12N4S/c1-3-4-5-9-8(2)15-10(13-9)14(12)7-6-11/h3-5H,1,7,12H2,2H3/b5-4-. The van der Waals surface area contributed by atoms with E-state index in [2.05, 4.69) is 11.6 Å². The van der Waals surface area contributed by atoms with Crippen molar-refractivity contribution in [2.45, 2.75) is 6.92 Å². The number of aryl methyl sites for hydroxylation is 1. The van der Waals surface area contributed by atoms with Gasteiger partial charge in [0.05, 0.1) is 11.8 Å². The first-order chi connectivity index (χ1) is 7.19. The molecule has 0 atom stereocenters. The molecule has 0 saturated heterocycles. The van der Waals surface area contributed by atoms with Crippen LogP contribution in [-0.2, 0) is 0 Å². The minimum Gasteiger partial charge on any atom is -0.272 e. The Kier molecular flexibility index (Phi) is 4.03. The number of nitrogens with two attached hydrogens (primary N) is 1. The van der Waals surface area contributed by atoms with Gasteiger partial charge in [0.2, 0.25) is 5.13 Å². The van der Waals surface area contributed by atoms with Crippen LogP contribution in [0.4, 0.5) is 5.13 Å². The fourth-order valence-corrected chi connectivity index (χ4v) is 1.79. The van der Waals surface area contributed by atoms with E-state index in [0.717, 1.165) is 10.6 Å². The van der Waals surface area contributed by atoms with E-state index in [1.54, 1.807) is 6.08 Å². The van der Waals surface area contributed by atoms with Gasteiger partial charge >= 0.3 is 0 Å². The number of nitriles is 1. The lowest BCUT2D eigenvalue weighted by Crippen LogP contribution is -2.30. The van der Waals surface area contributed by atoms with Crippen molar-refractivity contribution in [2.75, 3.05) is 11.6 Å². The number of hydrazine groups is 1. The molecule has 0 spiro atoms. The van der Waals surface area contributed by atoms with Gasteiger partial charge in [0.15, 0.2) is 0 Å². The van der Waals surface area contributed by atoms with Gasteiger partial charge < -0.3 is 0 Å². The van der Waals surface area contributed by atoms with Crippen LogP contribution in [0.5, 0.6) is 0 Å². The molecule has 0 bridgehead atoms. The molecule has 1 aromatic heterocycles. The molecule has 1 rings (SSSR count). The van der Waals surface area contributed by atoms with E-state index in [0.29, 0.717) is 5.13 Å². The summed E-state index contributed by atoms with van der Waals surface area (Å²) in [4.78, 5) is 5.37. The molecule has 0 fully saturated rings. The fraction of sp³-hybridized carbons (Fsp3) is 0.200. The Morgan fingerprint density at radius 1 is 1.73 bits per heavy atom. The number of anilines is 1. The van der Waals surface area contributed by atoms with Crippen molar-refractivity contribution in [2.24, 2.45) is 5.84 Å². The number of rotatable bonds is 4. The van der Waals surface area contributed by atoms with E-state index in [9.17, 15) is 0 Å². The van der Waals surface area contributed by atoms with E-state index in [4.69, 9.17) is 11.1 Å². The molecule has 0 aliphatic heterocycles. The molecular weight excluding hydrogens is 208 g/mol. The minimum atomic E-state index is 0.136. The molecule has 0 unspecified atom stereocenters. The zero-order chi connectivity index (χ0) is 11.3. The number of thiazole rings is 1. The Morgan fingerprint density at radius 3 is 3.07 bits per heavy atom. The van der Waals surface area contributed by atoms with Gasteiger partial charge in [-0.15, -0.1) is 11.3 Å². The summed E-state index contributed by atoms with van der Waals surface area (Å²) in [5.74, 6) is 5.63. The number of allylic oxidation sites excluding steroid dienone is 2. The summed E-state index contributed by atoms with van der Waals surface area (Å²) in [5.41, 5.74) is 0.864. The highest BCUT2D eigenvalue weighted by Gasteiger charge is 2.08. The number of aromatic nitrogens is 1. The maximum Gasteiger partial charge on any atom is 0.201 e. The number of hydrogen-bond donors (Lipinski definition) is 1. The SMILES string of the molecule is C=C/C=C\c1nc(N(N)CC#N)sc1C. The lowest BCUT2D eigenvalue weighted by molar-refractivity contribution is 0.934. The van der Waals surface area contributed by atoms with Crippen LogP contribution in [-0.4, -0.2) is 11.5 Å². The van der Waals surface area contributed by atoms with Crippen molar-refractivity contribution in [1.82, 2.24) is 4.98 Å². The molecule has 2 N–H and O–H groups in total. The Morgan fingerprint density at radius 2 is 2.47 bits per heavy atom. The summed E-state index contributed by atoms with van der Waals surface area (Å²) in [5, 5.41) is 10.5. The van der Waals surface area contributed by atoms with Crippen molar-refractivity contribution in [3.8, 4) is 6.07 Å². The second kappa shape index (κ2) is 5.29. The topological polar surface area (TPSA) is 65.9 Å². The fourth-order valence-electron chi connectivity index (χ4n) is 0.974. The average molecular weight is 220 g/mol. The summed E-state index contributed by atoms with van der Waals surface area (Å²) in [6.07, 6.45) is 5.37. The predicted octanol–water partition coefficient (Wildman–Crippen LogP) is 1.85. The Bertz CT molecular complexity index is 414. The van der Waals surface area contributed by atoms with Crippen LogP contribution in [0.3, 0.4) is 0 Å². The van der Waals surface area contributed by atoms with Gasteiger partial charge in [0, 0.05) is 4.88 Å². The summed E-state index contributed by atoms with van der Waals surface area (Å²) < 4.78 is 0. The molecule has 4 nitrogen and oxygen atoms in total. The van der Waals surface area contributed by atoms with E-state index in [1.807, 2.05) is 25.1 Å². The van der Waals surface area contributed by atoms with Crippen molar-refractivity contribution in [3.63, 3.8) is 0 Å². The van der Waals surface area contributed by atoms with Crippen molar-refractivity contribution in [1.29, 1.82) is 5.26 Å². The van der Waals surface area contributed by atoms with Gasteiger partial charge in [0.25, 0.3) is 0 Å². The highest BCUT2D eigenvalue weighted by Crippen LogP contribution is 2.24. The first kappa shape index (κ1) is 11.4. The first-order valence-corrected chi connectivity index (χ1v) is 5.16. The van der Waals surface area contributed by atoms with Crippen LogP contribution in [0.2, 0.25) is 0 Å². The normalized spacial score (nSPS) is 10.2. The predicted molar refractivity (Wildman–Crippen MR) is 63.2 cm³/mol. The lowest BCUT2D eigenvalue weighted by Gasteiger charge is -2.08. The van der Waals surface area contributed by atoms with Crippen molar-refractivity contribution >= 4 is 22.5 Å². The molecule has 0 saturated carbocycles. The third-order valence-corrected chi connectivity index (χ3v) is 2.72. The third kappa shape index (κ3) is 2.91. The molecule has 1 heterocycles. The largest absolute Gasteiger partial charge is 0.272 e. The second-order valence-corrected chi connectivity index (χ2v) is 4.00. The van der Waals surface area contributed by atoms with Gasteiger partial charge in [-0.2, -0.15) is 5.26 Å². The van der Waals surface area contributed by atoms with Crippen LogP contribution < -0.4 is 10.9 Å². The van der Waals surface area contributed by atoms with Gasteiger partial charge in [-0.05, 0) is 13.0 Å². The van der Waals surface area contributed by atoms with E-state index in [-0.39, 0.29) is 6.54 Å². The first-order valence-electron chi connectivity index (χ1n) is 4.34. The van der Waals surface area contributed by atoms with Crippen LogP contribution in [0, 0.1) is 18.3 Å². The molecule has 0 aliphatic rings. The zero-order valence-corrected chi connectivity index (χ0v) is 9.29. The molecule has 5 heteroatoms. The maximum absolute atomic E-state index is 8.49. The number of hydrogen-bond acceptors (Lipinski definition) is 5. The van der Waals surface area contributed by atoms with E-state index >= 15 is 0 Å². The van der Waals surface area contributed by atoms with Crippen LogP contribution in [0.25, 0.3) is 6.08 Å². The molecule has 0 aromatic carbocycles. The van der Waals surface area contributed by atoms with Crippen molar-refractivity contribution in [3.05, 3.63) is 29.3 Å². The molecule has 1 aromatic rings. The van der Waals surface area contributed by atoms with E-state index in [1.165, 1.54) is 16.3 Å². The number of nitrogens with zero attached hydrogens (tertiary/aromatic N) is 3. The highest BCUT2D eigenvalue weighted by atomic mass is 32.1. The van der Waals surface area contributed by atoms with Gasteiger partial charge in [-0.25, -0.2) is 10.8 Å². The van der Waals surface area contributed by atoms with Crippen LogP contribution in [0.15, 0.2) is 18.7 Å². The average Bonchev–Trinajstić information content (AvgIpc) is 2.57. The van der Waals surface area contributed by atoms with Gasteiger partial charge in [0.1, 0.15) is 6.54 Å². The molecule has 15 heavy (non-hydrogen) atoms. The zero-order valence-electron chi connectivity index (χ0n) is 8.47. The van der Waals surface area contributed by atoms with Crippen LogP contribution in [0.1, 0.15) is 10.6 Å². The minimum absolute atomic E-state index is 0.136. The molecule has 0 aliphatic carbocycles. The Balaban J connectivity index is 2.90. The maximum atomic E-state index is 8.49. The summed E-state index contributed by atoms with van der Waals surface area (Å²) >= 11 is 1.47. The molecule has 78 valence electrons. The Hall–Kier alpha value is -1.64. The second-order valence-electron chi connectivity index (χ2n) is 2.82. The molecule has 0 amide bonds. The quantitative estimate of drug-likeness (QED) is 0.364.